The largest absolute Gasteiger partial charge is 0.391 e. The first-order valence-corrected chi connectivity index (χ1v) is 15.6. The van der Waals surface area contributed by atoms with Gasteiger partial charge in [0.1, 0.15) is 6.04 Å². The molecule has 5 atom stereocenters. The van der Waals surface area contributed by atoms with Crippen molar-refractivity contribution in [2.75, 3.05) is 0 Å². The number of nitrogens with zero attached hydrogens (tertiary/aromatic N) is 1. The van der Waals surface area contributed by atoms with Gasteiger partial charge in [0.25, 0.3) is 0 Å². The molecular formula is C33H50N6O4. The Labute approximate surface area is 255 Å². The number of aliphatic hydroxyl groups excluding tert-OH is 1. The minimum absolute atomic E-state index is 0.103. The number of primary amides is 1. The fraction of sp³-hybridized carbons (Fsp3) is 0.576. The van der Waals surface area contributed by atoms with Gasteiger partial charge in [-0.3, -0.25) is 14.4 Å². The first-order chi connectivity index (χ1) is 20.7. The maximum absolute atomic E-state index is 13.9. The molecule has 1 saturated carbocycles. The number of hydrogen-bond donors (Lipinski definition) is 6. The molecule has 236 valence electrons. The van der Waals surface area contributed by atoms with E-state index in [1.807, 2.05) is 36.4 Å². The predicted molar refractivity (Wildman–Crippen MR) is 167 cm³/mol. The van der Waals surface area contributed by atoms with Gasteiger partial charge in [0.2, 0.25) is 17.7 Å². The second kappa shape index (κ2) is 17.6. The summed E-state index contributed by atoms with van der Waals surface area (Å²) < 4.78 is 0. The quantitative estimate of drug-likeness (QED) is 0.145. The first kappa shape index (κ1) is 34.0. The summed E-state index contributed by atoms with van der Waals surface area (Å²) in [6, 6.07) is 7.12. The van der Waals surface area contributed by atoms with Crippen molar-refractivity contribution in [3.05, 3.63) is 66.8 Å². The number of allylic oxidation sites excluding steroid dienone is 1. The lowest BCUT2D eigenvalue weighted by Gasteiger charge is -2.33. The molecule has 1 fully saturated rings. The number of H-pyrrole nitrogens is 1. The maximum atomic E-state index is 13.9. The van der Waals surface area contributed by atoms with Crippen LogP contribution in [0.25, 0.3) is 0 Å². The Bertz CT molecular complexity index is 1130. The number of aliphatic hydroxyl groups is 1. The van der Waals surface area contributed by atoms with Crippen molar-refractivity contribution in [3.63, 3.8) is 0 Å². The first-order valence-electron chi connectivity index (χ1n) is 15.6. The Morgan fingerprint density at radius 3 is 2.40 bits per heavy atom. The average Bonchev–Trinajstić information content (AvgIpc) is 3.51. The van der Waals surface area contributed by atoms with Crippen molar-refractivity contribution in [2.24, 2.45) is 23.5 Å². The second-order valence-electron chi connectivity index (χ2n) is 12.2. The monoisotopic (exact) mass is 594 g/mol. The van der Waals surface area contributed by atoms with E-state index in [2.05, 4.69) is 46.3 Å². The van der Waals surface area contributed by atoms with E-state index in [-0.39, 0.29) is 18.8 Å². The summed E-state index contributed by atoms with van der Waals surface area (Å²) in [5.74, 6) is -0.720. The van der Waals surface area contributed by atoms with E-state index >= 15 is 0 Å². The van der Waals surface area contributed by atoms with Crippen LogP contribution in [-0.4, -0.2) is 57.0 Å². The van der Waals surface area contributed by atoms with Gasteiger partial charge in [0.15, 0.2) is 0 Å². The van der Waals surface area contributed by atoms with Gasteiger partial charge in [-0.05, 0) is 36.2 Å². The van der Waals surface area contributed by atoms with E-state index in [0.29, 0.717) is 36.9 Å². The topological polar surface area (TPSA) is 162 Å². The van der Waals surface area contributed by atoms with Gasteiger partial charge < -0.3 is 31.8 Å². The number of nitrogens with two attached hydrogens (primary N) is 1. The molecule has 43 heavy (non-hydrogen) atoms. The summed E-state index contributed by atoms with van der Waals surface area (Å²) >= 11 is 0. The maximum Gasteiger partial charge on any atom is 0.243 e. The second-order valence-corrected chi connectivity index (χ2v) is 12.2. The van der Waals surface area contributed by atoms with Crippen LogP contribution >= 0.6 is 0 Å². The van der Waals surface area contributed by atoms with Crippen LogP contribution in [0.1, 0.15) is 76.5 Å². The third-order valence-corrected chi connectivity index (χ3v) is 8.51. The summed E-state index contributed by atoms with van der Waals surface area (Å²) in [5, 5.41) is 20.5. The minimum atomic E-state index is -0.969. The van der Waals surface area contributed by atoms with Crippen LogP contribution in [0.4, 0.5) is 0 Å². The Hall–Kier alpha value is -3.50. The SMILES string of the molecule is C=C[C@@H](C[C@H](O)[C@H](CC1CCCCC1)NC(=O)[C@H](Cc1cnc[nH]1)NC(=O)[C@@H](CC(N)=O)NCc1ccccc1)C(C)C. The zero-order valence-corrected chi connectivity index (χ0v) is 25.6. The van der Waals surface area contributed by atoms with Crippen molar-refractivity contribution >= 4 is 17.7 Å². The van der Waals surface area contributed by atoms with Gasteiger partial charge in [-0.25, -0.2) is 4.98 Å². The number of aromatic amines is 1. The molecule has 1 heterocycles. The Morgan fingerprint density at radius 2 is 1.79 bits per heavy atom. The molecule has 3 rings (SSSR count). The molecule has 0 aliphatic heterocycles. The van der Waals surface area contributed by atoms with E-state index in [1.54, 1.807) is 6.20 Å². The van der Waals surface area contributed by atoms with Crippen molar-refractivity contribution in [3.8, 4) is 0 Å². The summed E-state index contributed by atoms with van der Waals surface area (Å²) in [6.07, 6.45) is 11.0. The summed E-state index contributed by atoms with van der Waals surface area (Å²) in [7, 11) is 0. The molecule has 1 aliphatic carbocycles. The number of imidazole rings is 1. The van der Waals surface area contributed by atoms with E-state index in [4.69, 9.17) is 5.73 Å². The highest BCUT2D eigenvalue weighted by Crippen LogP contribution is 2.29. The molecule has 3 amide bonds. The lowest BCUT2D eigenvalue weighted by Crippen LogP contribution is -2.57. The Kier molecular flexibility index (Phi) is 13.9. The fourth-order valence-electron chi connectivity index (χ4n) is 5.85. The van der Waals surface area contributed by atoms with Crippen LogP contribution in [0, 0.1) is 17.8 Å². The van der Waals surface area contributed by atoms with Crippen LogP contribution in [0.2, 0.25) is 0 Å². The smallest absolute Gasteiger partial charge is 0.243 e. The number of aromatic nitrogens is 2. The molecule has 10 nitrogen and oxygen atoms in total. The lowest BCUT2D eigenvalue weighted by molar-refractivity contribution is -0.132. The zero-order chi connectivity index (χ0) is 31.2. The third kappa shape index (κ3) is 11.6. The van der Waals surface area contributed by atoms with Crippen LogP contribution in [-0.2, 0) is 27.3 Å². The Morgan fingerprint density at radius 1 is 1.09 bits per heavy atom. The number of carbonyl (C=O) groups excluding carboxylic acids is 3. The molecule has 2 aromatic rings. The van der Waals surface area contributed by atoms with Gasteiger partial charge in [-0.2, -0.15) is 0 Å². The van der Waals surface area contributed by atoms with Gasteiger partial charge in [0.05, 0.1) is 30.9 Å². The third-order valence-electron chi connectivity index (χ3n) is 8.51. The average molecular weight is 595 g/mol. The van der Waals surface area contributed by atoms with Crippen molar-refractivity contribution in [2.45, 2.75) is 102 Å². The molecular weight excluding hydrogens is 544 g/mol. The van der Waals surface area contributed by atoms with Gasteiger partial charge in [0, 0.05) is 24.9 Å². The molecule has 1 aromatic heterocycles. The minimum Gasteiger partial charge on any atom is -0.391 e. The fourth-order valence-corrected chi connectivity index (χ4v) is 5.85. The summed E-state index contributed by atoms with van der Waals surface area (Å²) in [4.78, 5) is 46.3. The van der Waals surface area contributed by atoms with E-state index in [0.717, 1.165) is 31.2 Å². The predicted octanol–water partition coefficient (Wildman–Crippen LogP) is 3.14. The number of hydrogen-bond acceptors (Lipinski definition) is 6. The van der Waals surface area contributed by atoms with E-state index in [9.17, 15) is 19.5 Å². The number of amides is 3. The standard InChI is InChI=1S/C33H50N6O4/c1-4-25(22(2)3)16-30(40)27(15-23-11-7-5-8-12-23)38-33(43)29(17-26-20-35-21-37-26)39-32(42)28(18-31(34)41)36-19-24-13-9-6-10-14-24/h4,6,9-10,13-14,20-23,25,27-30,36,40H,1,5,7-8,11-12,15-19H2,2-3H3,(H2,34,41)(H,35,37)(H,38,43)(H,39,42)/t25-,27-,28+,29-,30-/m0/s1. The number of carbonyl (C=O) groups is 3. The summed E-state index contributed by atoms with van der Waals surface area (Å²) in [5.41, 5.74) is 7.08. The van der Waals surface area contributed by atoms with Crippen molar-refractivity contribution in [1.29, 1.82) is 0 Å². The normalized spacial score (nSPS) is 17.4. The van der Waals surface area contributed by atoms with Crippen molar-refractivity contribution in [1.82, 2.24) is 25.9 Å². The highest BCUT2D eigenvalue weighted by Gasteiger charge is 2.32. The molecule has 0 saturated heterocycles. The molecule has 10 heteroatoms. The number of nitrogens with one attached hydrogen (secondary N) is 4. The number of benzene rings is 1. The van der Waals surface area contributed by atoms with Gasteiger partial charge in [-0.15, -0.1) is 6.58 Å². The zero-order valence-electron chi connectivity index (χ0n) is 25.6. The molecule has 1 aliphatic rings. The van der Waals surface area contributed by atoms with Crippen LogP contribution < -0.4 is 21.7 Å². The van der Waals surface area contributed by atoms with Crippen LogP contribution in [0.15, 0.2) is 55.5 Å². The van der Waals surface area contributed by atoms with E-state index in [1.165, 1.54) is 12.7 Å². The molecule has 7 N–H and O–H groups in total. The number of rotatable bonds is 18. The molecule has 1 aromatic carbocycles. The van der Waals surface area contributed by atoms with Crippen LogP contribution in [0.5, 0.6) is 0 Å². The molecule has 0 unspecified atom stereocenters. The highest BCUT2D eigenvalue weighted by molar-refractivity contribution is 5.92. The highest BCUT2D eigenvalue weighted by atomic mass is 16.3. The molecule has 0 radical (unpaired) electrons. The summed E-state index contributed by atoms with van der Waals surface area (Å²) in [6.45, 7) is 8.49. The molecule has 0 bridgehead atoms. The van der Waals surface area contributed by atoms with Crippen molar-refractivity contribution < 1.29 is 19.5 Å². The molecule has 0 spiro atoms. The Balaban J connectivity index is 1.78. The van der Waals surface area contributed by atoms with Gasteiger partial charge in [-0.1, -0.05) is 82.4 Å². The lowest BCUT2D eigenvalue weighted by atomic mass is 9.81. The van der Waals surface area contributed by atoms with E-state index < -0.39 is 42.0 Å². The van der Waals surface area contributed by atoms with Crippen LogP contribution in [0.3, 0.4) is 0 Å². The van der Waals surface area contributed by atoms with Gasteiger partial charge >= 0.3 is 0 Å².